The first-order valence-corrected chi connectivity index (χ1v) is 7.81. The summed E-state index contributed by atoms with van der Waals surface area (Å²) in [5, 5.41) is 2.24. The zero-order chi connectivity index (χ0) is 13.8. The van der Waals surface area contributed by atoms with Gasteiger partial charge in [-0.15, -0.1) is 0 Å². The van der Waals surface area contributed by atoms with E-state index in [1.54, 1.807) is 11.8 Å². The quantitative estimate of drug-likeness (QED) is 0.717. The Kier molecular flexibility index (Phi) is 4.12. The van der Waals surface area contributed by atoms with Gasteiger partial charge in [0.25, 0.3) is 0 Å². The van der Waals surface area contributed by atoms with Gasteiger partial charge in [0.2, 0.25) is 0 Å². The van der Waals surface area contributed by atoms with Crippen molar-refractivity contribution in [3.05, 3.63) is 70.6 Å². The molecule has 0 aromatic heterocycles. The van der Waals surface area contributed by atoms with E-state index >= 15 is 0 Å². The van der Waals surface area contributed by atoms with Crippen molar-refractivity contribution in [3.8, 4) is 5.75 Å². The van der Waals surface area contributed by atoms with Crippen LogP contribution in [0.25, 0.3) is 0 Å². The number of hydrogen-bond acceptors (Lipinski definition) is 2. The number of benzene rings is 2. The summed E-state index contributed by atoms with van der Waals surface area (Å²) < 4.78 is 5.92. The van der Waals surface area contributed by atoms with Crippen molar-refractivity contribution in [3.63, 3.8) is 0 Å². The van der Waals surface area contributed by atoms with Crippen molar-refractivity contribution in [1.82, 2.24) is 0 Å². The SMILES string of the molecule is Cc1ccc2c(c1)CC/C(=C/Sc1ccccc1)CO2. The third-order valence-corrected chi connectivity index (χ3v) is 4.44. The molecule has 0 aliphatic carbocycles. The number of aryl methyl sites for hydroxylation is 2. The lowest BCUT2D eigenvalue weighted by Gasteiger charge is -2.07. The van der Waals surface area contributed by atoms with Crippen LogP contribution in [0.1, 0.15) is 17.5 Å². The standard InChI is InChI=1S/C18H18OS/c1-14-7-10-18-16(11-14)9-8-15(12-19-18)13-20-17-5-3-2-4-6-17/h2-7,10-11,13H,8-9,12H2,1H3/b15-13-. The van der Waals surface area contributed by atoms with E-state index in [1.807, 2.05) is 6.07 Å². The Hall–Kier alpha value is -1.67. The van der Waals surface area contributed by atoms with E-state index in [2.05, 4.69) is 54.8 Å². The maximum absolute atomic E-state index is 5.92. The molecule has 1 aliphatic heterocycles. The minimum Gasteiger partial charge on any atom is -0.489 e. The summed E-state index contributed by atoms with van der Waals surface area (Å²) in [7, 11) is 0. The Morgan fingerprint density at radius 2 is 1.90 bits per heavy atom. The van der Waals surface area contributed by atoms with Gasteiger partial charge in [-0.1, -0.05) is 47.7 Å². The van der Waals surface area contributed by atoms with E-state index in [0.29, 0.717) is 6.61 Å². The molecule has 0 radical (unpaired) electrons. The lowest BCUT2D eigenvalue weighted by atomic mass is 10.0. The Morgan fingerprint density at radius 3 is 2.75 bits per heavy atom. The molecule has 3 rings (SSSR count). The molecule has 0 atom stereocenters. The first kappa shape index (κ1) is 13.3. The first-order chi connectivity index (χ1) is 9.81. The van der Waals surface area contributed by atoms with E-state index in [4.69, 9.17) is 4.74 Å². The van der Waals surface area contributed by atoms with Gasteiger partial charge < -0.3 is 4.74 Å². The zero-order valence-corrected chi connectivity index (χ0v) is 12.5. The smallest absolute Gasteiger partial charge is 0.123 e. The molecule has 0 saturated carbocycles. The molecular formula is C18H18OS. The van der Waals surface area contributed by atoms with Gasteiger partial charge in [-0.2, -0.15) is 0 Å². The van der Waals surface area contributed by atoms with Gasteiger partial charge in [0, 0.05) is 4.90 Å². The average molecular weight is 282 g/mol. The van der Waals surface area contributed by atoms with Crippen LogP contribution in [-0.2, 0) is 6.42 Å². The number of fused-ring (bicyclic) bond motifs is 1. The van der Waals surface area contributed by atoms with E-state index in [-0.39, 0.29) is 0 Å². The number of ether oxygens (including phenoxy) is 1. The molecule has 0 spiro atoms. The maximum atomic E-state index is 5.92. The third kappa shape index (κ3) is 3.26. The van der Waals surface area contributed by atoms with Crippen molar-refractivity contribution in [2.75, 3.05) is 6.61 Å². The van der Waals surface area contributed by atoms with Gasteiger partial charge in [0.05, 0.1) is 0 Å². The Balaban J connectivity index is 1.70. The molecule has 0 N–H and O–H groups in total. The van der Waals surface area contributed by atoms with Gasteiger partial charge in [-0.3, -0.25) is 0 Å². The van der Waals surface area contributed by atoms with E-state index in [9.17, 15) is 0 Å². The summed E-state index contributed by atoms with van der Waals surface area (Å²) in [5.41, 5.74) is 4.00. The van der Waals surface area contributed by atoms with Crippen molar-refractivity contribution in [2.24, 2.45) is 0 Å². The zero-order valence-electron chi connectivity index (χ0n) is 11.6. The van der Waals surface area contributed by atoms with Crippen LogP contribution >= 0.6 is 11.8 Å². The largest absolute Gasteiger partial charge is 0.489 e. The summed E-state index contributed by atoms with van der Waals surface area (Å²) in [6, 6.07) is 16.9. The molecule has 102 valence electrons. The van der Waals surface area contributed by atoms with E-state index in [1.165, 1.54) is 21.6 Å². The molecule has 2 heteroatoms. The van der Waals surface area contributed by atoms with Gasteiger partial charge in [-0.25, -0.2) is 0 Å². The van der Waals surface area contributed by atoms with E-state index in [0.717, 1.165) is 18.6 Å². The van der Waals surface area contributed by atoms with Crippen LogP contribution in [0.2, 0.25) is 0 Å². The molecule has 0 amide bonds. The molecule has 2 aromatic rings. The average Bonchev–Trinajstić information content (AvgIpc) is 2.68. The molecule has 2 aromatic carbocycles. The predicted molar refractivity (Wildman–Crippen MR) is 85.4 cm³/mol. The van der Waals surface area contributed by atoms with Gasteiger partial charge in [0.1, 0.15) is 12.4 Å². The monoisotopic (exact) mass is 282 g/mol. The topological polar surface area (TPSA) is 9.23 Å². The Labute approximate surface area is 124 Å². The van der Waals surface area contributed by atoms with Crippen molar-refractivity contribution in [1.29, 1.82) is 0 Å². The molecule has 0 bridgehead atoms. The second-order valence-corrected chi connectivity index (χ2v) is 6.05. The van der Waals surface area contributed by atoms with Crippen LogP contribution in [-0.4, -0.2) is 6.61 Å². The van der Waals surface area contributed by atoms with Crippen LogP contribution < -0.4 is 4.74 Å². The summed E-state index contributed by atoms with van der Waals surface area (Å²) >= 11 is 1.78. The molecule has 0 unspecified atom stereocenters. The normalized spacial score (nSPS) is 16.4. The Morgan fingerprint density at radius 1 is 1.05 bits per heavy atom. The highest BCUT2D eigenvalue weighted by atomic mass is 32.2. The van der Waals surface area contributed by atoms with Crippen LogP contribution in [0.5, 0.6) is 5.75 Å². The minimum absolute atomic E-state index is 0.704. The molecule has 0 fully saturated rings. The predicted octanol–water partition coefficient (Wildman–Crippen LogP) is 5.00. The number of thioether (sulfide) groups is 1. The van der Waals surface area contributed by atoms with Crippen LogP contribution in [0, 0.1) is 6.92 Å². The maximum Gasteiger partial charge on any atom is 0.123 e. The minimum atomic E-state index is 0.704. The Bertz CT molecular complexity index is 617. The summed E-state index contributed by atoms with van der Waals surface area (Å²) in [4.78, 5) is 1.28. The molecule has 1 nitrogen and oxygen atoms in total. The fourth-order valence-electron chi connectivity index (χ4n) is 2.33. The third-order valence-electron chi connectivity index (χ3n) is 3.45. The van der Waals surface area contributed by atoms with Crippen LogP contribution in [0.15, 0.2) is 64.4 Å². The number of hydrogen-bond donors (Lipinski definition) is 0. The van der Waals surface area contributed by atoms with Gasteiger partial charge in [0.15, 0.2) is 0 Å². The lowest BCUT2D eigenvalue weighted by molar-refractivity contribution is 0.353. The first-order valence-electron chi connectivity index (χ1n) is 6.93. The second kappa shape index (κ2) is 6.19. The molecule has 1 heterocycles. The fraction of sp³-hybridized carbons (Fsp3) is 0.222. The van der Waals surface area contributed by atoms with Crippen molar-refractivity contribution < 1.29 is 4.74 Å². The molecular weight excluding hydrogens is 264 g/mol. The molecule has 0 saturated heterocycles. The summed E-state index contributed by atoms with van der Waals surface area (Å²) in [5.74, 6) is 1.05. The van der Waals surface area contributed by atoms with E-state index < -0.39 is 0 Å². The number of rotatable bonds is 2. The van der Waals surface area contributed by atoms with Gasteiger partial charge in [-0.05, 0) is 54.5 Å². The highest BCUT2D eigenvalue weighted by molar-refractivity contribution is 8.02. The highest BCUT2D eigenvalue weighted by Crippen LogP contribution is 2.29. The molecule has 1 aliphatic rings. The lowest BCUT2D eigenvalue weighted by Crippen LogP contribution is -1.98. The van der Waals surface area contributed by atoms with Crippen LogP contribution in [0.3, 0.4) is 0 Å². The van der Waals surface area contributed by atoms with Crippen molar-refractivity contribution in [2.45, 2.75) is 24.7 Å². The highest BCUT2D eigenvalue weighted by Gasteiger charge is 2.11. The summed E-state index contributed by atoms with van der Waals surface area (Å²) in [6.07, 6.45) is 2.15. The second-order valence-electron chi connectivity index (χ2n) is 5.11. The summed E-state index contributed by atoms with van der Waals surface area (Å²) in [6.45, 7) is 2.84. The van der Waals surface area contributed by atoms with Gasteiger partial charge >= 0.3 is 0 Å². The van der Waals surface area contributed by atoms with Crippen molar-refractivity contribution >= 4 is 11.8 Å². The van der Waals surface area contributed by atoms with Crippen LogP contribution in [0.4, 0.5) is 0 Å². The fourth-order valence-corrected chi connectivity index (χ4v) is 3.13. The molecule has 20 heavy (non-hydrogen) atoms.